The number of aromatic nitrogens is 2. The van der Waals surface area contributed by atoms with Gasteiger partial charge in [-0.15, -0.1) is 13.2 Å². The topological polar surface area (TPSA) is 74.5 Å². The lowest BCUT2D eigenvalue weighted by Gasteiger charge is -2.08. The summed E-state index contributed by atoms with van der Waals surface area (Å²) < 4.78 is 49.3. The first-order chi connectivity index (χ1) is 10.4. The van der Waals surface area contributed by atoms with Crippen LogP contribution in [0.2, 0.25) is 0 Å². The lowest BCUT2D eigenvalue weighted by atomic mass is 10.2. The molecule has 0 aliphatic rings. The van der Waals surface area contributed by atoms with Crippen LogP contribution in [0.1, 0.15) is 12.3 Å². The molecule has 0 amide bonds. The molecular weight excluding hydrogens is 305 g/mol. The molecule has 0 aliphatic heterocycles. The fourth-order valence-corrected chi connectivity index (χ4v) is 1.59. The van der Waals surface area contributed by atoms with Gasteiger partial charge in [0.2, 0.25) is 11.7 Å². The van der Waals surface area contributed by atoms with Crippen molar-refractivity contribution in [3.8, 4) is 17.1 Å². The minimum absolute atomic E-state index is 0.0937. The molecule has 0 atom stereocenters. The second-order valence-electron chi connectivity index (χ2n) is 4.16. The van der Waals surface area contributed by atoms with E-state index in [2.05, 4.69) is 19.6 Å². The van der Waals surface area contributed by atoms with Gasteiger partial charge in [0.1, 0.15) is 5.75 Å². The predicted octanol–water partition coefficient (Wildman–Crippen LogP) is 2.74. The number of alkyl halides is 3. The number of aryl methyl sites for hydroxylation is 1. The molecular formula is C13H11F3N2O4. The molecule has 6 nitrogen and oxygen atoms in total. The van der Waals surface area contributed by atoms with E-state index in [1.54, 1.807) is 0 Å². The van der Waals surface area contributed by atoms with Crippen LogP contribution >= 0.6 is 0 Å². The largest absolute Gasteiger partial charge is 0.573 e. The molecule has 0 aliphatic carbocycles. The van der Waals surface area contributed by atoms with Gasteiger partial charge < -0.3 is 14.0 Å². The summed E-state index contributed by atoms with van der Waals surface area (Å²) in [6, 6.07) is 5.03. The Morgan fingerprint density at radius 2 is 1.95 bits per heavy atom. The van der Waals surface area contributed by atoms with Gasteiger partial charge in [-0.3, -0.25) is 4.79 Å². The Hall–Kier alpha value is -2.58. The fraction of sp³-hybridized carbons (Fsp3) is 0.308. The lowest BCUT2D eigenvalue weighted by molar-refractivity contribution is -0.274. The van der Waals surface area contributed by atoms with E-state index in [0.29, 0.717) is 5.56 Å². The van der Waals surface area contributed by atoms with Gasteiger partial charge in [0.05, 0.1) is 13.5 Å². The summed E-state index contributed by atoms with van der Waals surface area (Å²) >= 11 is 0. The minimum atomic E-state index is -4.74. The van der Waals surface area contributed by atoms with Crippen molar-refractivity contribution in [1.29, 1.82) is 0 Å². The second-order valence-corrected chi connectivity index (χ2v) is 4.16. The van der Waals surface area contributed by atoms with E-state index >= 15 is 0 Å². The van der Waals surface area contributed by atoms with E-state index in [9.17, 15) is 18.0 Å². The summed E-state index contributed by atoms with van der Waals surface area (Å²) in [6.45, 7) is 0. The number of rotatable bonds is 5. The highest BCUT2D eigenvalue weighted by Gasteiger charge is 2.31. The van der Waals surface area contributed by atoms with Crippen molar-refractivity contribution in [2.45, 2.75) is 19.2 Å². The molecule has 2 rings (SSSR count). The lowest BCUT2D eigenvalue weighted by Crippen LogP contribution is -2.16. The SMILES string of the molecule is COC(=O)CCc1nc(-c2ccc(OC(F)(F)F)cc2)no1. The third-order valence-electron chi connectivity index (χ3n) is 2.58. The van der Waals surface area contributed by atoms with E-state index < -0.39 is 12.3 Å². The van der Waals surface area contributed by atoms with Crippen molar-refractivity contribution in [2.75, 3.05) is 7.11 Å². The number of esters is 1. The molecule has 22 heavy (non-hydrogen) atoms. The fourth-order valence-electron chi connectivity index (χ4n) is 1.59. The van der Waals surface area contributed by atoms with E-state index in [4.69, 9.17) is 4.52 Å². The molecule has 9 heteroatoms. The van der Waals surface area contributed by atoms with Gasteiger partial charge in [0, 0.05) is 12.0 Å². The van der Waals surface area contributed by atoms with Crippen LogP contribution in [0.3, 0.4) is 0 Å². The van der Waals surface area contributed by atoms with Gasteiger partial charge in [0.25, 0.3) is 0 Å². The zero-order chi connectivity index (χ0) is 16.2. The van der Waals surface area contributed by atoms with Crippen LogP contribution in [0.25, 0.3) is 11.4 Å². The van der Waals surface area contributed by atoms with Crippen LogP contribution in [-0.4, -0.2) is 29.6 Å². The van der Waals surface area contributed by atoms with Crippen molar-refractivity contribution >= 4 is 5.97 Å². The number of halogens is 3. The van der Waals surface area contributed by atoms with E-state index in [1.807, 2.05) is 0 Å². The highest BCUT2D eigenvalue weighted by molar-refractivity contribution is 5.69. The number of nitrogens with zero attached hydrogens (tertiary/aromatic N) is 2. The average molecular weight is 316 g/mol. The van der Waals surface area contributed by atoms with Crippen LogP contribution in [0.15, 0.2) is 28.8 Å². The van der Waals surface area contributed by atoms with Gasteiger partial charge in [0.15, 0.2) is 0 Å². The number of carbonyl (C=O) groups excluding carboxylic acids is 1. The average Bonchev–Trinajstić information content (AvgIpc) is 2.92. The molecule has 1 aromatic heterocycles. The minimum Gasteiger partial charge on any atom is -0.469 e. The van der Waals surface area contributed by atoms with Gasteiger partial charge in [-0.2, -0.15) is 4.98 Å². The van der Waals surface area contributed by atoms with Crippen molar-refractivity contribution in [3.63, 3.8) is 0 Å². The van der Waals surface area contributed by atoms with Crippen LogP contribution < -0.4 is 4.74 Å². The molecule has 1 aromatic carbocycles. The molecule has 0 saturated heterocycles. The summed E-state index contributed by atoms with van der Waals surface area (Å²) in [5.41, 5.74) is 0.461. The molecule has 0 bridgehead atoms. The Kier molecular flexibility index (Phi) is 4.64. The normalized spacial score (nSPS) is 11.3. The van der Waals surface area contributed by atoms with Gasteiger partial charge in [-0.05, 0) is 24.3 Å². The van der Waals surface area contributed by atoms with E-state index in [0.717, 1.165) is 12.1 Å². The first-order valence-corrected chi connectivity index (χ1v) is 6.13. The molecule has 0 unspecified atom stereocenters. The summed E-state index contributed by atoms with van der Waals surface area (Å²) in [5, 5.41) is 3.69. The molecule has 1 heterocycles. The first kappa shape index (κ1) is 15.8. The van der Waals surface area contributed by atoms with Crippen molar-refractivity contribution in [2.24, 2.45) is 0 Å². The third kappa shape index (κ3) is 4.47. The standard InChI is InChI=1S/C13H11F3N2O4/c1-20-11(19)7-6-10-17-12(18-22-10)8-2-4-9(5-3-8)21-13(14,15)16/h2-5H,6-7H2,1H3. The monoisotopic (exact) mass is 316 g/mol. The molecule has 0 saturated carbocycles. The first-order valence-electron chi connectivity index (χ1n) is 6.13. The van der Waals surface area contributed by atoms with Crippen LogP contribution in [0.4, 0.5) is 13.2 Å². The molecule has 0 N–H and O–H groups in total. The Balaban J connectivity index is 2.03. The predicted molar refractivity (Wildman–Crippen MR) is 66.8 cm³/mol. The Labute approximate surface area is 122 Å². The maximum absolute atomic E-state index is 12.0. The van der Waals surface area contributed by atoms with Gasteiger partial charge in [-0.1, -0.05) is 5.16 Å². The van der Waals surface area contributed by atoms with Crippen molar-refractivity contribution < 1.29 is 32.0 Å². The molecule has 0 radical (unpaired) electrons. The highest BCUT2D eigenvalue weighted by Crippen LogP contribution is 2.25. The summed E-state index contributed by atoms with van der Waals surface area (Å²) in [7, 11) is 1.27. The number of ether oxygens (including phenoxy) is 2. The Bertz CT molecular complexity index is 637. The number of hydrogen-bond donors (Lipinski definition) is 0. The maximum atomic E-state index is 12.0. The van der Waals surface area contributed by atoms with Crippen LogP contribution in [0.5, 0.6) is 5.75 Å². The molecule has 0 fully saturated rings. The zero-order valence-electron chi connectivity index (χ0n) is 11.4. The highest BCUT2D eigenvalue weighted by atomic mass is 19.4. The molecule has 2 aromatic rings. The summed E-state index contributed by atoms with van der Waals surface area (Å²) in [5.74, 6) is -0.312. The maximum Gasteiger partial charge on any atom is 0.573 e. The third-order valence-corrected chi connectivity index (χ3v) is 2.58. The molecule has 118 valence electrons. The number of benzene rings is 1. The van der Waals surface area contributed by atoms with E-state index in [-0.39, 0.29) is 30.3 Å². The molecule has 0 spiro atoms. The Morgan fingerprint density at radius 3 is 2.55 bits per heavy atom. The van der Waals surface area contributed by atoms with Crippen LogP contribution in [0, 0.1) is 0 Å². The van der Waals surface area contributed by atoms with Crippen molar-refractivity contribution in [3.05, 3.63) is 30.2 Å². The van der Waals surface area contributed by atoms with Gasteiger partial charge in [-0.25, -0.2) is 0 Å². The smallest absolute Gasteiger partial charge is 0.469 e. The quantitative estimate of drug-likeness (QED) is 0.790. The Morgan fingerprint density at radius 1 is 1.27 bits per heavy atom. The van der Waals surface area contributed by atoms with Crippen LogP contribution in [-0.2, 0) is 16.0 Å². The summed E-state index contributed by atoms with van der Waals surface area (Å²) in [6.07, 6.45) is -4.43. The number of carbonyl (C=O) groups is 1. The zero-order valence-corrected chi connectivity index (χ0v) is 11.4. The van der Waals surface area contributed by atoms with Gasteiger partial charge >= 0.3 is 12.3 Å². The number of hydrogen-bond acceptors (Lipinski definition) is 6. The summed E-state index contributed by atoms with van der Waals surface area (Å²) in [4.78, 5) is 15.0. The second kappa shape index (κ2) is 6.46. The number of methoxy groups -OCH3 is 1. The van der Waals surface area contributed by atoms with Crippen molar-refractivity contribution in [1.82, 2.24) is 10.1 Å². The van der Waals surface area contributed by atoms with E-state index in [1.165, 1.54) is 19.2 Å².